The molecule has 2 aromatic heterocycles. The number of rotatable bonds is 3. The molecule has 0 bridgehead atoms. The van der Waals surface area contributed by atoms with Gasteiger partial charge in [0.25, 0.3) is 5.19 Å². The van der Waals surface area contributed by atoms with E-state index in [2.05, 4.69) is 4.98 Å². The largest absolute Gasteiger partial charge is 0.473 e. The van der Waals surface area contributed by atoms with E-state index in [1.807, 2.05) is 17.5 Å². The topological polar surface area (TPSA) is 42.4 Å². The maximum atomic E-state index is 9.15. The van der Waals surface area contributed by atoms with E-state index in [0.717, 1.165) is 15.4 Å². The Labute approximate surface area is 89.6 Å². The average Bonchev–Trinajstić information content (AvgIpc) is 2.85. The third-order valence-corrected chi connectivity index (χ3v) is 3.63. The minimum absolute atomic E-state index is 0.00819. The zero-order valence-corrected chi connectivity index (χ0v) is 9.19. The van der Waals surface area contributed by atoms with Crippen LogP contribution >= 0.6 is 22.7 Å². The van der Waals surface area contributed by atoms with Crippen LogP contribution in [0, 0.1) is 0 Å². The van der Waals surface area contributed by atoms with Gasteiger partial charge in [0, 0.05) is 0 Å². The summed E-state index contributed by atoms with van der Waals surface area (Å²) in [5, 5.41) is 11.7. The highest BCUT2D eigenvalue weighted by Gasteiger charge is 2.13. The summed E-state index contributed by atoms with van der Waals surface area (Å²) in [5.41, 5.74) is 0.837. The van der Waals surface area contributed by atoms with E-state index in [4.69, 9.17) is 9.84 Å². The van der Waals surface area contributed by atoms with Crippen LogP contribution < -0.4 is 4.74 Å². The first-order valence-electron chi connectivity index (χ1n) is 4.03. The first-order valence-corrected chi connectivity index (χ1v) is 5.73. The van der Waals surface area contributed by atoms with Crippen molar-refractivity contribution in [2.45, 2.75) is 6.61 Å². The fourth-order valence-corrected chi connectivity index (χ4v) is 2.68. The van der Waals surface area contributed by atoms with Gasteiger partial charge in [-0.25, -0.2) is 4.98 Å². The second-order valence-electron chi connectivity index (χ2n) is 2.59. The van der Waals surface area contributed by atoms with Crippen molar-refractivity contribution in [3.8, 4) is 15.8 Å². The van der Waals surface area contributed by atoms with Crippen LogP contribution in [-0.2, 0) is 6.61 Å². The van der Waals surface area contributed by atoms with Crippen molar-refractivity contribution in [3.63, 3.8) is 0 Å². The van der Waals surface area contributed by atoms with Gasteiger partial charge in [0.1, 0.15) is 5.69 Å². The summed E-state index contributed by atoms with van der Waals surface area (Å²) in [7, 11) is 1.58. The predicted octanol–water partition coefficient (Wildman–Crippen LogP) is 2.37. The lowest BCUT2D eigenvalue weighted by Crippen LogP contribution is -1.82. The molecule has 3 nitrogen and oxygen atoms in total. The third kappa shape index (κ3) is 1.66. The fourth-order valence-electron chi connectivity index (χ4n) is 1.13. The Hall–Kier alpha value is -0.910. The molecule has 2 rings (SSSR count). The maximum absolute atomic E-state index is 9.15. The smallest absolute Gasteiger partial charge is 0.273 e. The molecule has 0 aliphatic rings. The minimum Gasteiger partial charge on any atom is -0.473 e. The number of hydrogen-bond acceptors (Lipinski definition) is 5. The van der Waals surface area contributed by atoms with Crippen LogP contribution in [0.4, 0.5) is 0 Å². The van der Waals surface area contributed by atoms with E-state index in [9.17, 15) is 0 Å². The maximum Gasteiger partial charge on any atom is 0.273 e. The molecule has 0 saturated carbocycles. The van der Waals surface area contributed by atoms with E-state index < -0.39 is 0 Å². The van der Waals surface area contributed by atoms with Crippen molar-refractivity contribution in [3.05, 3.63) is 22.4 Å². The van der Waals surface area contributed by atoms with E-state index >= 15 is 0 Å². The van der Waals surface area contributed by atoms with Crippen LogP contribution in [0.1, 0.15) is 4.88 Å². The second kappa shape index (κ2) is 4.08. The van der Waals surface area contributed by atoms with E-state index in [1.165, 1.54) is 11.3 Å². The molecule has 0 atom stereocenters. The number of aromatic nitrogens is 1. The van der Waals surface area contributed by atoms with Gasteiger partial charge in [-0.2, -0.15) is 0 Å². The summed E-state index contributed by atoms with van der Waals surface area (Å²) in [6, 6.07) is 3.95. The molecular formula is C9H9NO2S2. The molecule has 0 saturated heterocycles. The van der Waals surface area contributed by atoms with Crippen LogP contribution in [0.2, 0.25) is 0 Å². The quantitative estimate of drug-likeness (QED) is 0.875. The van der Waals surface area contributed by atoms with Crippen molar-refractivity contribution in [1.29, 1.82) is 0 Å². The molecule has 14 heavy (non-hydrogen) atoms. The molecule has 0 aliphatic carbocycles. The minimum atomic E-state index is 0.00819. The Kier molecular flexibility index (Phi) is 2.81. The highest BCUT2D eigenvalue weighted by atomic mass is 32.1. The van der Waals surface area contributed by atoms with Gasteiger partial charge in [-0.15, -0.1) is 11.3 Å². The number of thiophene rings is 1. The standard InChI is InChI=1S/C9H9NO2S2/c1-12-9-10-8(7(5-11)14-9)6-3-2-4-13-6/h2-4,11H,5H2,1H3. The first-order chi connectivity index (χ1) is 6.85. The highest BCUT2D eigenvalue weighted by Crippen LogP contribution is 2.34. The van der Waals surface area contributed by atoms with Gasteiger partial charge in [-0.3, -0.25) is 0 Å². The summed E-state index contributed by atoms with van der Waals surface area (Å²) >= 11 is 2.99. The molecule has 0 aliphatic heterocycles. The van der Waals surface area contributed by atoms with E-state index in [-0.39, 0.29) is 6.61 Å². The van der Waals surface area contributed by atoms with Gasteiger partial charge >= 0.3 is 0 Å². The molecule has 2 heterocycles. The van der Waals surface area contributed by atoms with Gasteiger partial charge in [-0.1, -0.05) is 17.4 Å². The molecular weight excluding hydrogens is 218 g/mol. The number of nitrogens with zero attached hydrogens (tertiary/aromatic N) is 1. The summed E-state index contributed by atoms with van der Waals surface area (Å²) in [4.78, 5) is 6.20. The van der Waals surface area contributed by atoms with Gasteiger partial charge in [0.15, 0.2) is 0 Å². The lowest BCUT2D eigenvalue weighted by molar-refractivity contribution is 0.286. The second-order valence-corrected chi connectivity index (χ2v) is 4.58. The molecule has 2 aromatic rings. The number of aliphatic hydroxyl groups excluding tert-OH is 1. The highest BCUT2D eigenvalue weighted by molar-refractivity contribution is 7.16. The van der Waals surface area contributed by atoms with E-state index in [1.54, 1.807) is 18.4 Å². The molecule has 0 aromatic carbocycles. The number of thiazole rings is 1. The van der Waals surface area contributed by atoms with Gasteiger partial charge in [0.2, 0.25) is 0 Å². The summed E-state index contributed by atoms with van der Waals surface area (Å²) in [5.74, 6) is 0. The Balaban J connectivity index is 2.46. The summed E-state index contributed by atoms with van der Waals surface area (Å²) in [6.07, 6.45) is 0. The van der Waals surface area contributed by atoms with Crippen molar-refractivity contribution >= 4 is 22.7 Å². The van der Waals surface area contributed by atoms with Crippen molar-refractivity contribution in [2.75, 3.05) is 7.11 Å². The molecule has 0 spiro atoms. The molecule has 1 N–H and O–H groups in total. The summed E-state index contributed by atoms with van der Waals surface area (Å²) < 4.78 is 5.04. The first kappa shape index (κ1) is 9.64. The number of methoxy groups -OCH3 is 1. The molecule has 0 unspecified atom stereocenters. The zero-order chi connectivity index (χ0) is 9.97. The SMILES string of the molecule is COc1nc(-c2cccs2)c(CO)s1. The van der Waals surface area contributed by atoms with Crippen LogP contribution in [0.15, 0.2) is 17.5 Å². The molecule has 74 valence electrons. The van der Waals surface area contributed by atoms with Crippen LogP contribution in [0.25, 0.3) is 10.6 Å². The lowest BCUT2D eigenvalue weighted by Gasteiger charge is -1.92. The van der Waals surface area contributed by atoms with Gasteiger partial charge in [-0.05, 0) is 11.4 Å². The number of hydrogen-bond donors (Lipinski definition) is 1. The van der Waals surface area contributed by atoms with Gasteiger partial charge in [0.05, 0.1) is 23.5 Å². The van der Waals surface area contributed by atoms with Crippen molar-refractivity contribution < 1.29 is 9.84 Å². The molecule has 0 radical (unpaired) electrons. The third-order valence-electron chi connectivity index (χ3n) is 1.75. The molecule has 0 amide bonds. The Morgan fingerprint density at radius 2 is 2.43 bits per heavy atom. The fraction of sp³-hybridized carbons (Fsp3) is 0.222. The zero-order valence-electron chi connectivity index (χ0n) is 7.56. The lowest BCUT2D eigenvalue weighted by atomic mass is 10.3. The normalized spacial score (nSPS) is 10.4. The van der Waals surface area contributed by atoms with Crippen LogP contribution in [0.3, 0.4) is 0 Å². The van der Waals surface area contributed by atoms with Crippen LogP contribution in [-0.4, -0.2) is 17.2 Å². The summed E-state index contributed by atoms with van der Waals surface area (Å²) in [6.45, 7) is 0.00819. The predicted molar refractivity (Wildman–Crippen MR) is 57.9 cm³/mol. The van der Waals surface area contributed by atoms with Crippen LogP contribution in [0.5, 0.6) is 5.19 Å². The van der Waals surface area contributed by atoms with Crippen molar-refractivity contribution in [1.82, 2.24) is 4.98 Å². The Bertz CT molecular complexity index is 408. The Morgan fingerprint density at radius 3 is 3.00 bits per heavy atom. The van der Waals surface area contributed by atoms with E-state index in [0.29, 0.717) is 5.19 Å². The van der Waals surface area contributed by atoms with Crippen molar-refractivity contribution in [2.24, 2.45) is 0 Å². The molecule has 5 heteroatoms. The average molecular weight is 227 g/mol. The number of aliphatic hydroxyl groups is 1. The number of ether oxygens (including phenoxy) is 1. The van der Waals surface area contributed by atoms with Gasteiger partial charge < -0.3 is 9.84 Å². The monoisotopic (exact) mass is 227 g/mol. The Morgan fingerprint density at radius 1 is 1.57 bits per heavy atom. The molecule has 0 fully saturated rings.